The van der Waals surface area contributed by atoms with E-state index in [4.69, 9.17) is 0 Å². The Labute approximate surface area is 39.9 Å². The zero-order chi connectivity index (χ0) is 4.99. The Balaban J connectivity index is 3.03. The molecule has 0 fully saturated rings. The second-order valence-corrected chi connectivity index (χ2v) is 1.70. The van der Waals surface area contributed by atoms with Crippen LogP contribution in [0.1, 0.15) is 20.8 Å². The first-order valence-electron chi connectivity index (χ1n) is 2.28. The Hall–Kier alpha value is -0.260. The van der Waals surface area contributed by atoms with Crippen molar-refractivity contribution in [2.45, 2.75) is 20.8 Å². The molecule has 0 aromatic carbocycles. The molecular formula is C6H11-. The fourth-order valence-corrected chi connectivity index (χ4v) is 0.333. The highest BCUT2D eigenvalue weighted by molar-refractivity contribution is 4.72. The molecule has 0 spiro atoms. The van der Waals surface area contributed by atoms with Gasteiger partial charge in [-0.05, 0) is 0 Å². The van der Waals surface area contributed by atoms with E-state index in [-0.39, 0.29) is 0 Å². The molecule has 0 aliphatic heterocycles. The molecule has 6 heavy (non-hydrogen) atoms. The summed E-state index contributed by atoms with van der Waals surface area (Å²) in [6.07, 6.45) is 4.98. The van der Waals surface area contributed by atoms with Crippen LogP contribution < -0.4 is 0 Å². The lowest BCUT2D eigenvalue weighted by Crippen LogP contribution is -1.73. The first-order chi connectivity index (χ1) is 2.77. The monoisotopic (exact) mass is 83.1 g/mol. The van der Waals surface area contributed by atoms with Gasteiger partial charge in [0.25, 0.3) is 0 Å². The predicted molar refractivity (Wildman–Crippen MR) is 28.3 cm³/mol. The van der Waals surface area contributed by atoms with E-state index in [1.165, 1.54) is 0 Å². The van der Waals surface area contributed by atoms with Crippen LogP contribution in [-0.4, -0.2) is 0 Å². The van der Waals surface area contributed by atoms with E-state index in [0.717, 1.165) is 0 Å². The molecule has 36 valence electrons. The molecule has 0 heterocycles. The van der Waals surface area contributed by atoms with Crippen LogP contribution in [0.15, 0.2) is 6.08 Å². The highest BCUT2D eigenvalue weighted by atomic mass is 13.8. The summed E-state index contributed by atoms with van der Waals surface area (Å²) in [5, 5.41) is 0. The minimum atomic E-state index is 0.662. The van der Waals surface area contributed by atoms with Gasteiger partial charge in [0, 0.05) is 0 Å². The molecule has 0 unspecified atom stereocenters. The maximum absolute atomic E-state index is 2.94. The van der Waals surface area contributed by atoms with Gasteiger partial charge in [0.1, 0.15) is 0 Å². The molecule has 0 N–H and O–H groups in total. The molecule has 0 saturated heterocycles. The van der Waals surface area contributed by atoms with Crippen molar-refractivity contribution in [3.8, 4) is 0 Å². The molecule has 0 aromatic rings. The van der Waals surface area contributed by atoms with E-state index < -0.39 is 0 Å². The van der Waals surface area contributed by atoms with Crippen LogP contribution in [0.4, 0.5) is 0 Å². The summed E-state index contributed by atoms with van der Waals surface area (Å²) in [6.45, 7) is 6.19. The van der Waals surface area contributed by atoms with Crippen LogP contribution in [0, 0.1) is 12.0 Å². The maximum atomic E-state index is 2.94. The Bertz CT molecular complexity index is 42.0. The molecule has 0 heteroatoms. The SMILES string of the molecule is C[C-]=CC(C)C. The molecule has 0 rings (SSSR count). The fraction of sp³-hybridized carbons (Fsp3) is 0.667. The summed E-state index contributed by atoms with van der Waals surface area (Å²) < 4.78 is 0. The highest BCUT2D eigenvalue weighted by Crippen LogP contribution is 1.90. The Morgan fingerprint density at radius 3 is 2.00 bits per heavy atom. The largest absolute Gasteiger partial charge is 0.504 e. The number of rotatable bonds is 1. The van der Waals surface area contributed by atoms with Crippen molar-refractivity contribution in [2.75, 3.05) is 0 Å². The van der Waals surface area contributed by atoms with Gasteiger partial charge in [-0.25, -0.2) is 0 Å². The van der Waals surface area contributed by atoms with Crippen LogP contribution >= 0.6 is 0 Å². The lowest BCUT2D eigenvalue weighted by Gasteiger charge is -1.97. The Morgan fingerprint density at radius 2 is 2.00 bits per heavy atom. The third-order valence-electron chi connectivity index (χ3n) is 0.500. The second-order valence-electron chi connectivity index (χ2n) is 1.70. The summed E-state index contributed by atoms with van der Waals surface area (Å²) in [4.78, 5) is 0. The minimum Gasteiger partial charge on any atom is -0.504 e. The highest BCUT2D eigenvalue weighted by Gasteiger charge is 1.69. The summed E-state index contributed by atoms with van der Waals surface area (Å²) in [5.41, 5.74) is 0. The van der Waals surface area contributed by atoms with Gasteiger partial charge in [-0.3, -0.25) is 6.08 Å². The van der Waals surface area contributed by atoms with Crippen molar-refractivity contribution in [1.82, 2.24) is 0 Å². The van der Waals surface area contributed by atoms with Crippen LogP contribution in [0.3, 0.4) is 0 Å². The maximum Gasteiger partial charge on any atom is -0.0609 e. The van der Waals surface area contributed by atoms with E-state index in [1.807, 2.05) is 13.0 Å². The van der Waals surface area contributed by atoms with E-state index in [2.05, 4.69) is 19.9 Å². The molecule has 0 bridgehead atoms. The molecule has 0 aromatic heterocycles. The summed E-state index contributed by atoms with van der Waals surface area (Å²) >= 11 is 0. The molecule has 0 nitrogen and oxygen atoms in total. The average molecular weight is 83.2 g/mol. The van der Waals surface area contributed by atoms with Crippen molar-refractivity contribution in [2.24, 2.45) is 5.92 Å². The summed E-state index contributed by atoms with van der Waals surface area (Å²) in [5.74, 6) is 0.662. The van der Waals surface area contributed by atoms with Crippen LogP contribution in [0.5, 0.6) is 0 Å². The molecule has 0 aliphatic carbocycles. The quantitative estimate of drug-likeness (QED) is 0.425. The van der Waals surface area contributed by atoms with Crippen LogP contribution in [-0.2, 0) is 0 Å². The second kappa shape index (κ2) is 2.95. The molecule has 0 radical (unpaired) electrons. The fourth-order valence-electron chi connectivity index (χ4n) is 0.333. The van der Waals surface area contributed by atoms with E-state index in [1.54, 1.807) is 0 Å². The smallest absolute Gasteiger partial charge is 0.0609 e. The minimum absolute atomic E-state index is 0.662. The Morgan fingerprint density at radius 1 is 1.50 bits per heavy atom. The molecule has 0 aliphatic rings. The van der Waals surface area contributed by atoms with Gasteiger partial charge in [-0.15, -0.1) is 0 Å². The van der Waals surface area contributed by atoms with Gasteiger partial charge in [0.2, 0.25) is 0 Å². The van der Waals surface area contributed by atoms with Crippen molar-refractivity contribution < 1.29 is 0 Å². The van der Waals surface area contributed by atoms with Crippen molar-refractivity contribution in [3.05, 3.63) is 12.2 Å². The van der Waals surface area contributed by atoms with Gasteiger partial charge in [0.05, 0.1) is 0 Å². The van der Waals surface area contributed by atoms with Crippen molar-refractivity contribution in [1.29, 1.82) is 0 Å². The third-order valence-corrected chi connectivity index (χ3v) is 0.500. The van der Waals surface area contributed by atoms with E-state index in [0.29, 0.717) is 5.92 Å². The van der Waals surface area contributed by atoms with Gasteiger partial charge in [-0.1, -0.05) is 19.8 Å². The van der Waals surface area contributed by atoms with Crippen molar-refractivity contribution >= 4 is 0 Å². The van der Waals surface area contributed by atoms with Crippen LogP contribution in [0.2, 0.25) is 0 Å². The molecular weight excluding hydrogens is 72.1 g/mol. The van der Waals surface area contributed by atoms with Crippen molar-refractivity contribution in [3.63, 3.8) is 0 Å². The Kier molecular flexibility index (Phi) is 2.82. The zero-order valence-electron chi connectivity index (χ0n) is 4.65. The van der Waals surface area contributed by atoms with E-state index in [9.17, 15) is 0 Å². The van der Waals surface area contributed by atoms with Gasteiger partial charge in [0.15, 0.2) is 0 Å². The number of hydrogen-bond donors (Lipinski definition) is 0. The average Bonchev–Trinajstić information content (AvgIpc) is 1.35. The number of allylic oxidation sites excluding steroid dienone is 2. The predicted octanol–water partition coefficient (Wildman–Crippen LogP) is 2.02. The summed E-state index contributed by atoms with van der Waals surface area (Å²) in [6, 6.07) is 0. The first-order valence-corrected chi connectivity index (χ1v) is 2.28. The topological polar surface area (TPSA) is 0 Å². The van der Waals surface area contributed by atoms with Gasteiger partial charge < -0.3 is 6.08 Å². The third kappa shape index (κ3) is 3.74. The normalized spacial score (nSPS) is 11.3. The van der Waals surface area contributed by atoms with Crippen LogP contribution in [0.25, 0.3) is 0 Å². The lowest BCUT2D eigenvalue weighted by atomic mass is 10.2. The number of hydrogen-bond acceptors (Lipinski definition) is 0. The van der Waals surface area contributed by atoms with E-state index >= 15 is 0 Å². The molecule has 0 atom stereocenters. The van der Waals surface area contributed by atoms with Gasteiger partial charge in [-0.2, -0.15) is 6.92 Å². The molecule has 0 amide bonds. The first kappa shape index (κ1) is 5.74. The standard InChI is InChI=1S/C6H11/c1-4-5-6(2)3/h5-6H,1-3H3/q-1. The lowest BCUT2D eigenvalue weighted by molar-refractivity contribution is 0.827. The molecule has 0 saturated carbocycles. The van der Waals surface area contributed by atoms with Gasteiger partial charge >= 0.3 is 0 Å². The summed E-state index contributed by atoms with van der Waals surface area (Å²) in [7, 11) is 0. The zero-order valence-corrected chi connectivity index (χ0v) is 4.65.